The average molecular weight is 304 g/mol. The number of aryl methyl sites for hydroxylation is 3. The van der Waals surface area contributed by atoms with Gasteiger partial charge in [0, 0.05) is 10.8 Å². The highest BCUT2D eigenvalue weighted by molar-refractivity contribution is 5.97. The van der Waals surface area contributed by atoms with Gasteiger partial charge in [0.15, 0.2) is 0 Å². The van der Waals surface area contributed by atoms with Crippen LogP contribution >= 0.6 is 0 Å². The molecular formula is C20H20N2O. The molecule has 3 rings (SSSR count). The van der Waals surface area contributed by atoms with Gasteiger partial charge in [-0.3, -0.25) is 0 Å². The van der Waals surface area contributed by atoms with E-state index in [-0.39, 0.29) is 0 Å². The van der Waals surface area contributed by atoms with Crippen LogP contribution in [0.2, 0.25) is 0 Å². The molecule has 0 aromatic heterocycles. The Kier molecular flexibility index (Phi) is 4.11. The van der Waals surface area contributed by atoms with E-state index in [9.17, 15) is 0 Å². The van der Waals surface area contributed by atoms with Crippen LogP contribution in [0.4, 0.5) is 11.4 Å². The van der Waals surface area contributed by atoms with Gasteiger partial charge in [-0.1, -0.05) is 23.8 Å². The minimum absolute atomic E-state index is 0.847. The highest BCUT2D eigenvalue weighted by atomic mass is 16.5. The molecule has 23 heavy (non-hydrogen) atoms. The van der Waals surface area contributed by atoms with E-state index in [0.717, 1.165) is 27.9 Å². The number of benzene rings is 3. The predicted molar refractivity (Wildman–Crippen MR) is 95.3 cm³/mol. The Balaban J connectivity index is 2.08. The van der Waals surface area contributed by atoms with Crippen LogP contribution in [0.5, 0.6) is 5.75 Å². The zero-order valence-corrected chi connectivity index (χ0v) is 13.9. The van der Waals surface area contributed by atoms with Crippen LogP contribution in [-0.2, 0) is 0 Å². The molecule has 0 heterocycles. The molecule has 3 heteroatoms. The summed E-state index contributed by atoms with van der Waals surface area (Å²) in [5.41, 5.74) is 5.29. The van der Waals surface area contributed by atoms with E-state index in [1.807, 2.05) is 24.3 Å². The molecule has 0 radical (unpaired) electrons. The summed E-state index contributed by atoms with van der Waals surface area (Å²) in [5.74, 6) is 0.856. The quantitative estimate of drug-likeness (QED) is 0.531. The average Bonchev–Trinajstić information content (AvgIpc) is 2.51. The van der Waals surface area contributed by atoms with Crippen molar-refractivity contribution in [3.05, 3.63) is 65.2 Å². The van der Waals surface area contributed by atoms with E-state index in [0.29, 0.717) is 0 Å². The standard InChI is InChI=1S/C20H20N2O/c1-13-5-6-17-18(12-13)20(23-4)8-7-19(17)22-21-16-10-14(2)9-15(3)11-16/h5-12H,1-4H3. The zero-order chi connectivity index (χ0) is 16.4. The van der Waals surface area contributed by atoms with Crippen molar-refractivity contribution in [1.29, 1.82) is 0 Å². The molecule has 0 aliphatic rings. The monoisotopic (exact) mass is 304 g/mol. The summed E-state index contributed by atoms with van der Waals surface area (Å²) >= 11 is 0. The maximum atomic E-state index is 5.46. The van der Waals surface area contributed by atoms with Gasteiger partial charge in [-0.25, -0.2) is 0 Å². The number of rotatable bonds is 3. The van der Waals surface area contributed by atoms with Crippen molar-refractivity contribution in [2.45, 2.75) is 20.8 Å². The van der Waals surface area contributed by atoms with E-state index in [1.165, 1.54) is 16.7 Å². The lowest BCUT2D eigenvalue weighted by Gasteiger charge is -2.08. The minimum atomic E-state index is 0.847. The van der Waals surface area contributed by atoms with Gasteiger partial charge in [0.1, 0.15) is 5.75 Å². The van der Waals surface area contributed by atoms with Crippen molar-refractivity contribution in [2.75, 3.05) is 7.11 Å². The van der Waals surface area contributed by atoms with Gasteiger partial charge in [-0.2, -0.15) is 5.11 Å². The molecule has 3 nitrogen and oxygen atoms in total. The smallest absolute Gasteiger partial charge is 0.126 e. The Morgan fingerprint density at radius 1 is 0.696 bits per heavy atom. The van der Waals surface area contributed by atoms with Crippen molar-refractivity contribution in [1.82, 2.24) is 0 Å². The second kappa shape index (κ2) is 6.21. The van der Waals surface area contributed by atoms with Crippen molar-refractivity contribution < 1.29 is 4.74 Å². The number of hydrogen-bond donors (Lipinski definition) is 0. The Morgan fingerprint density at radius 3 is 2.13 bits per heavy atom. The number of methoxy groups -OCH3 is 1. The van der Waals surface area contributed by atoms with E-state index in [1.54, 1.807) is 7.11 Å². The van der Waals surface area contributed by atoms with Gasteiger partial charge in [0.2, 0.25) is 0 Å². The summed E-state index contributed by atoms with van der Waals surface area (Å²) in [4.78, 5) is 0. The molecule has 0 spiro atoms. The predicted octanol–water partition coefficient (Wildman–Crippen LogP) is 6.19. The fourth-order valence-electron chi connectivity index (χ4n) is 2.80. The number of fused-ring (bicyclic) bond motifs is 1. The molecule has 116 valence electrons. The SMILES string of the molecule is COc1ccc(N=Nc2cc(C)cc(C)c2)c2ccc(C)cc12. The first-order valence-electron chi connectivity index (χ1n) is 7.64. The molecule has 0 unspecified atom stereocenters. The van der Waals surface area contributed by atoms with Crippen molar-refractivity contribution in [3.63, 3.8) is 0 Å². The Morgan fingerprint density at radius 2 is 1.43 bits per heavy atom. The third kappa shape index (κ3) is 3.24. The second-order valence-electron chi connectivity index (χ2n) is 5.88. The van der Waals surface area contributed by atoms with E-state index >= 15 is 0 Å². The van der Waals surface area contributed by atoms with Gasteiger partial charge < -0.3 is 4.74 Å². The van der Waals surface area contributed by atoms with Crippen LogP contribution in [0.15, 0.2) is 58.8 Å². The van der Waals surface area contributed by atoms with Crippen LogP contribution in [0.1, 0.15) is 16.7 Å². The summed E-state index contributed by atoms with van der Waals surface area (Å²) in [7, 11) is 1.69. The molecule has 3 aromatic carbocycles. The van der Waals surface area contributed by atoms with Crippen LogP contribution in [0.25, 0.3) is 10.8 Å². The molecule has 0 amide bonds. The zero-order valence-electron chi connectivity index (χ0n) is 13.9. The number of hydrogen-bond acceptors (Lipinski definition) is 3. The third-order valence-corrected chi connectivity index (χ3v) is 3.81. The number of azo groups is 1. The van der Waals surface area contributed by atoms with Crippen LogP contribution in [0, 0.1) is 20.8 Å². The van der Waals surface area contributed by atoms with Crippen molar-refractivity contribution in [3.8, 4) is 5.75 Å². The van der Waals surface area contributed by atoms with E-state index in [2.05, 4.69) is 55.3 Å². The molecule has 0 aliphatic carbocycles. The van der Waals surface area contributed by atoms with Gasteiger partial charge in [0.25, 0.3) is 0 Å². The Labute approximate surface area is 136 Å². The summed E-state index contributed by atoms with van der Waals surface area (Å²) in [5, 5.41) is 11.0. The molecule has 0 aliphatic heterocycles. The van der Waals surface area contributed by atoms with Crippen molar-refractivity contribution >= 4 is 22.1 Å². The fourth-order valence-corrected chi connectivity index (χ4v) is 2.80. The Bertz CT molecular complexity index is 877. The van der Waals surface area contributed by atoms with Crippen LogP contribution in [-0.4, -0.2) is 7.11 Å². The largest absolute Gasteiger partial charge is 0.496 e. The summed E-state index contributed by atoms with van der Waals surface area (Å²) in [6, 6.07) is 16.4. The highest BCUT2D eigenvalue weighted by Gasteiger charge is 2.06. The first-order chi connectivity index (χ1) is 11.1. The maximum absolute atomic E-state index is 5.46. The lowest BCUT2D eigenvalue weighted by atomic mass is 10.1. The van der Waals surface area contributed by atoms with Crippen LogP contribution in [0.3, 0.4) is 0 Å². The number of ether oxygens (including phenoxy) is 1. The fraction of sp³-hybridized carbons (Fsp3) is 0.200. The third-order valence-electron chi connectivity index (χ3n) is 3.81. The first kappa shape index (κ1) is 15.2. The maximum Gasteiger partial charge on any atom is 0.126 e. The van der Waals surface area contributed by atoms with Crippen LogP contribution < -0.4 is 4.74 Å². The number of nitrogens with zero attached hydrogens (tertiary/aromatic N) is 2. The molecule has 3 aromatic rings. The normalized spacial score (nSPS) is 11.3. The molecule has 0 saturated carbocycles. The lowest BCUT2D eigenvalue weighted by molar-refractivity contribution is 0.420. The second-order valence-corrected chi connectivity index (χ2v) is 5.88. The van der Waals surface area contributed by atoms with Gasteiger partial charge in [-0.15, -0.1) is 5.11 Å². The molecule has 0 bridgehead atoms. The highest BCUT2D eigenvalue weighted by Crippen LogP contribution is 2.34. The molecule has 0 fully saturated rings. The van der Waals surface area contributed by atoms with Gasteiger partial charge in [0.05, 0.1) is 18.5 Å². The van der Waals surface area contributed by atoms with E-state index < -0.39 is 0 Å². The van der Waals surface area contributed by atoms with Gasteiger partial charge >= 0.3 is 0 Å². The van der Waals surface area contributed by atoms with E-state index in [4.69, 9.17) is 4.74 Å². The van der Waals surface area contributed by atoms with Crippen molar-refractivity contribution in [2.24, 2.45) is 10.2 Å². The molecule has 0 saturated heterocycles. The lowest BCUT2D eigenvalue weighted by Crippen LogP contribution is -1.85. The summed E-state index contributed by atoms with van der Waals surface area (Å²) in [6.45, 7) is 6.21. The minimum Gasteiger partial charge on any atom is -0.496 e. The first-order valence-corrected chi connectivity index (χ1v) is 7.64. The summed E-state index contributed by atoms with van der Waals surface area (Å²) < 4.78 is 5.46. The summed E-state index contributed by atoms with van der Waals surface area (Å²) in [6.07, 6.45) is 0. The topological polar surface area (TPSA) is 34.0 Å². The molecule has 0 atom stereocenters. The molecular weight excluding hydrogens is 284 g/mol. The molecule has 0 N–H and O–H groups in total. The van der Waals surface area contributed by atoms with Gasteiger partial charge in [-0.05, 0) is 62.2 Å². The Hall–Kier alpha value is -2.68.